The van der Waals surface area contributed by atoms with Crippen LogP contribution in [-0.4, -0.2) is 67.8 Å². The first kappa shape index (κ1) is 19.0. The van der Waals surface area contributed by atoms with Gasteiger partial charge < -0.3 is 15.3 Å². The highest BCUT2D eigenvalue weighted by atomic mass is 16.3. The number of aromatic nitrogens is 4. The highest BCUT2D eigenvalue weighted by molar-refractivity contribution is 5.87. The van der Waals surface area contributed by atoms with Gasteiger partial charge in [-0.1, -0.05) is 0 Å². The maximum absolute atomic E-state index is 10.3. The Hall–Kier alpha value is -3.01. The molecule has 5 heterocycles. The molecule has 1 unspecified atom stereocenters. The molecule has 0 aliphatic carbocycles. The molecule has 0 radical (unpaired) electrons. The first-order valence-corrected chi connectivity index (χ1v) is 10.1. The van der Waals surface area contributed by atoms with E-state index >= 15 is 0 Å². The number of likely N-dealkylation sites (tertiary alicyclic amines) is 1. The number of pyridine rings is 1. The lowest BCUT2D eigenvalue weighted by Crippen LogP contribution is -2.48. The summed E-state index contributed by atoms with van der Waals surface area (Å²) in [7, 11) is 3.76. The van der Waals surface area contributed by atoms with Crippen molar-refractivity contribution in [3.63, 3.8) is 0 Å². The Bertz CT molecular complexity index is 1160. The Kier molecular flexibility index (Phi) is 4.65. The van der Waals surface area contributed by atoms with Crippen LogP contribution in [0.2, 0.25) is 0 Å². The van der Waals surface area contributed by atoms with Crippen molar-refractivity contribution in [2.75, 3.05) is 32.9 Å². The molecule has 4 aromatic rings. The predicted octanol–water partition coefficient (Wildman–Crippen LogP) is 2.14. The van der Waals surface area contributed by atoms with Gasteiger partial charge in [-0.15, -0.1) is 0 Å². The number of piperidine rings is 1. The van der Waals surface area contributed by atoms with Crippen molar-refractivity contribution >= 4 is 22.4 Å². The van der Waals surface area contributed by atoms with Crippen LogP contribution < -0.4 is 5.73 Å². The Morgan fingerprint density at radius 1 is 1.23 bits per heavy atom. The number of rotatable bonds is 4. The zero-order chi connectivity index (χ0) is 20.8. The molecule has 156 valence electrons. The molecule has 1 saturated heterocycles. The summed E-state index contributed by atoms with van der Waals surface area (Å²) in [5.74, 6) is 2.25. The van der Waals surface area contributed by atoms with Crippen molar-refractivity contribution in [1.82, 2.24) is 29.2 Å². The maximum Gasteiger partial charge on any atom is 0.165 e. The monoisotopic (exact) mass is 407 g/mol. The average molecular weight is 407 g/mol. The molecule has 4 aromatic heterocycles. The first-order valence-electron chi connectivity index (χ1n) is 10.1. The van der Waals surface area contributed by atoms with E-state index in [1.165, 1.54) is 0 Å². The fourth-order valence-electron chi connectivity index (χ4n) is 4.25. The number of aliphatic hydroxyl groups is 1. The van der Waals surface area contributed by atoms with E-state index in [-0.39, 0.29) is 5.92 Å². The molecule has 0 amide bonds. The van der Waals surface area contributed by atoms with Crippen LogP contribution in [0, 0.1) is 0 Å². The van der Waals surface area contributed by atoms with E-state index in [9.17, 15) is 5.11 Å². The van der Waals surface area contributed by atoms with Gasteiger partial charge in [-0.3, -0.25) is 19.2 Å². The molecular formula is C21H25N7O2. The SMILES string of the molecule is CN(C)C(O)N1CCC(c2nc(-c3cc4ncccc4o3)c3c(N)nccn23)CC1. The minimum atomic E-state index is -0.568. The Morgan fingerprint density at radius 2 is 2.03 bits per heavy atom. The molecule has 3 N–H and O–H groups in total. The molecule has 9 nitrogen and oxygen atoms in total. The quantitative estimate of drug-likeness (QED) is 0.495. The van der Waals surface area contributed by atoms with Gasteiger partial charge in [0.15, 0.2) is 17.7 Å². The molecule has 1 atom stereocenters. The van der Waals surface area contributed by atoms with Crippen molar-refractivity contribution < 1.29 is 9.52 Å². The summed E-state index contributed by atoms with van der Waals surface area (Å²) >= 11 is 0. The number of nitrogens with zero attached hydrogens (tertiary/aromatic N) is 6. The zero-order valence-corrected chi connectivity index (χ0v) is 17.1. The second-order valence-corrected chi connectivity index (χ2v) is 7.97. The van der Waals surface area contributed by atoms with E-state index < -0.39 is 6.35 Å². The number of furan rings is 1. The van der Waals surface area contributed by atoms with Gasteiger partial charge in [0.05, 0.1) is 0 Å². The van der Waals surface area contributed by atoms with Crippen molar-refractivity contribution in [2.24, 2.45) is 0 Å². The highest BCUT2D eigenvalue weighted by Gasteiger charge is 2.30. The second kappa shape index (κ2) is 7.35. The van der Waals surface area contributed by atoms with E-state index in [0.717, 1.165) is 42.8 Å². The topological polar surface area (TPSA) is 109 Å². The number of imidazole rings is 1. The lowest BCUT2D eigenvalue weighted by Gasteiger charge is -2.37. The number of hydrogen-bond acceptors (Lipinski definition) is 8. The highest BCUT2D eigenvalue weighted by Crippen LogP contribution is 2.36. The Balaban J connectivity index is 1.54. The third-order valence-electron chi connectivity index (χ3n) is 5.81. The van der Waals surface area contributed by atoms with Gasteiger partial charge in [0.25, 0.3) is 0 Å². The van der Waals surface area contributed by atoms with Gasteiger partial charge in [-0.25, -0.2) is 9.97 Å². The number of nitrogens with two attached hydrogens (primary N) is 1. The van der Waals surface area contributed by atoms with Gasteiger partial charge in [0.1, 0.15) is 28.4 Å². The lowest BCUT2D eigenvalue weighted by molar-refractivity contribution is -0.0990. The van der Waals surface area contributed by atoms with Crippen LogP contribution in [0.4, 0.5) is 5.82 Å². The summed E-state index contributed by atoms with van der Waals surface area (Å²) < 4.78 is 8.05. The minimum absolute atomic E-state index is 0.251. The van der Waals surface area contributed by atoms with Crippen molar-refractivity contribution in [3.8, 4) is 11.5 Å². The first-order chi connectivity index (χ1) is 14.5. The summed E-state index contributed by atoms with van der Waals surface area (Å²) in [5, 5.41) is 10.3. The molecule has 1 aliphatic rings. The number of aliphatic hydroxyl groups excluding tert-OH is 1. The standard InChI is InChI=1S/C21H25N7O2/c1-26(2)21(29)27-9-5-13(6-10-27)20-25-17(18-19(22)24-8-11-28(18)20)16-12-14-15(30-16)4-3-7-23-14/h3-4,7-8,11-13,21,29H,5-6,9-10H2,1-2H3,(H2,22,24). The van der Waals surface area contributed by atoms with Crippen molar-refractivity contribution in [2.45, 2.75) is 25.1 Å². The summed E-state index contributed by atoms with van der Waals surface area (Å²) in [6, 6.07) is 5.63. The van der Waals surface area contributed by atoms with E-state index in [1.54, 1.807) is 12.4 Å². The van der Waals surface area contributed by atoms with Crippen LogP contribution in [0.3, 0.4) is 0 Å². The van der Waals surface area contributed by atoms with Crippen LogP contribution in [0.15, 0.2) is 41.2 Å². The summed E-state index contributed by atoms with van der Waals surface area (Å²) in [6.45, 7) is 1.59. The fourth-order valence-corrected chi connectivity index (χ4v) is 4.25. The minimum Gasteiger partial charge on any atom is -0.453 e. The average Bonchev–Trinajstić information content (AvgIpc) is 3.35. The molecule has 1 fully saturated rings. The van der Waals surface area contributed by atoms with Crippen LogP contribution >= 0.6 is 0 Å². The number of hydrogen-bond donors (Lipinski definition) is 2. The smallest absolute Gasteiger partial charge is 0.165 e. The summed E-state index contributed by atoms with van der Waals surface area (Å²) in [6.07, 6.45) is 6.56. The predicted molar refractivity (Wildman–Crippen MR) is 114 cm³/mol. The van der Waals surface area contributed by atoms with E-state index in [2.05, 4.69) is 14.9 Å². The van der Waals surface area contributed by atoms with Crippen molar-refractivity contribution in [1.29, 1.82) is 0 Å². The van der Waals surface area contributed by atoms with Gasteiger partial charge in [-0.2, -0.15) is 0 Å². The molecule has 30 heavy (non-hydrogen) atoms. The molecule has 0 bridgehead atoms. The molecular weight excluding hydrogens is 382 g/mol. The van der Waals surface area contributed by atoms with Crippen LogP contribution in [0.1, 0.15) is 24.6 Å². The van der Waals surface area contributed by atoms with Crippen LogP contribution in [0.5, 0.6) is 0 Å². The summed E-state index contributed by atoms with van der Waals surface area (Å²) in [5.41, 5.74) is 9.18. The van der Waals surface area contributed by atoms with Gasteiger partial charge >= 0.3 is 0 Å². The molecule has 5 rings (SSSR count). The number of anilines is 1. The molecule has 0 saturated carbocycles. The van der Waals surface area contributed by atoms with E-state index in [4.69, 9.17) is 15.1 Å². The van der Waals surface area contributed by atoms with Gasteiger partial charge in [0, 0.05) is 43.7 Å². The van der Waals surface area contributed by atoms with Crippen LogP contribution in [-0.2, 0) is 0 Å². The molecule has 0 aromatic carbocycles. The van der Waals surface area contributed by atoms with Crippen LogP contribution in [0.25, 0.3) is 28.1 Å². The summed E-state index contributed by atoms with van der Waals surface area (Å²) in [4.78, 5) is 17.5. The number of nitrogen functional groups attached to an aromatic ring is 1. The lowest BCUT2D eigenvalue weighted by atomic mass is 9.96. The Labute approximate surface area is 173 Å². The molecule has 1 aliphatic heterocycles. The molecule has 9 heteroatoms. The van der Waals surface area contributed by atoms with Gasteiger partial charge in [0.2, 0.25) is 0 Å². The zero-order valence-electron chi connectivity index (χ0n) is 17.1. The maximum atomic E-state index is 10.3. The third kappa shape index (κ3) is 3.11. The number of fused-ring (bicyclic) bond motifs is 2. The third-order valence-corrected chi connectivity index (χ3v) is 5.81. The van der Waals surface area contributed by atoms with E-state index in [1.807, 2.05) is 47.8 Å². The molecule has 0 spiro atoms. The Morgan fingerprint density at radius 3 is 2.77 bits per heavy atom. The van der Waals surface area contributed by atoms with E-state index in [0.29, 0.717) is 22.9 Å². The normalized spacial score (nSPS) is 17.3. The fraction of sp³-hybridized carbons (Fsp3) is 0.381. The largest absolute Gasteiger partial charge is 0.453 e. The second-order valence-electron chi connectivity index (χ2n) is 7.97. The van der Waals surface area contributed by atoms with Gasteiger partial charge in [-0.05, 0) is 39.1 Å². The van der Waals surface area contributed by atoms with Crippen molar-refractivity contribution in [3.05, 3.63) is 42.6 Å².